The van der Waals surface area contributed by atoms with E-state index in [2.05, 4.69) is 12.2 Å². The zero-order valence-electron chi connectivity index (χ0n) is 13.3. The lowest BCUT2D eigenvalue weighted by atomic mass is 9.82. The molecule has 4 nitrogen and oxygen atoms in total. The first-order valence-electron chi connectivity index (χ1n) is 7.92. The van der Waals surface area contributed by atoms with E-state index in [1.54, 1.807) is 4.90 Å². The Bertz CT molecular complexity index is 486. The SMILES string of the molecule is CC[C@H](CNC(=O)N(C)CC1CC(O)C1)c1ccc(Cl)cc1. The average molecular weight is 325 g/mol. The molecule has 1 saturated carbocycles. The van der Waals surface area contributed by atoms with Crippen LogP contribution < -0.4 is 5.32 Å². The molecule has 122 valence electrons. The molecule has 5 heteroatoms. The summed E-state index contributed by atoms with van der Waals surface area (Å²) in [5, 5.41) is 13.0. The van der Waals surface area contributed by atoms with E-state index in [1.165, 1.54) is 5.56 Å². The molecule has 1 aliphatic rings. The van der Waals surface area contributed by atoms with Crippen molar-refractivity contribution in [2.24, 2.45) is 5.92 Å². The number of aliphatic hydroxyl groups is 1. The molecule has 0 heterocycles. The zero-order valence-corrected chi connectivity index (χ0v) is 14.0. The molecule has 1 fully saturated rings. The molecule has 0 radical (unpaired) electrons. The topological polar surface area (TPSA) is 52.6 Å². The summed E-state index contributed by atoms with van der Waals surface area (Å²) in [5.74, 6) is 0.726. The number of carbonyl (C=O) groups is 1. The van der Waals surface area contributed by atoms with Crippen molar-refractivity contribution < 1.29 is 9.90 Å². The summed E-state index contributed by atoms with van der Waals surface area (Å²) in [5.41, 5.74) is 1.19. The highest BCUT2D eigenvalue weighted by molar-refractivity contribution is 6.30. The van der Waals surface area contributed by atoms with Crippen molar-refractivity contribution in [2.75, 3.05) is 20.1 Å². The van der Waals surface area contributed by atoms with Crippen LogP contribution >= 0.6 is 11.6 Å². The van der Waals surface area contributed by atoms with Crippen molar-refractivity contribution in [1.82, 2.24) is 10.2 Å². The Labute approximate surface area is 137 Å². The highest BCUT2D eigenvalue weighted by atomic mass is 35.5. The molecule has 2 N–H and O–H groups in total. The van der Waals surface area contributed by atoms with E-state index >= 15 is 0 Å². The van der Waals surface area contributed by atoms with Gasteiger partial charge < -0.3 is 15.3 Å². The van der Waals surface area contributed by atoms with Crippen LogP contribution in [-0.2, 0) is 0 Å². The third kappa shape index (κ3) is 4.62. The van der Waals surface area contributed by atoms with E-state index in [-0.39, 0.29) is 12.1 Å². The molecular formula is C17H25ClN2O2. The second-order valence-electron chi connectivity index (χ2n) is 6.21. The molecule has 1 atom stereocenters. The smallest absolute Gasteiger partial charge is 0.317 e. The first kappa shape index (κ1) is 17.1. The Morgan fingerprint density at radius 3 is 2.59 bits per heavy atom. The number of nitrogens with one attached hydrogen (secondary N) is 1. The second-order valence-corrected chi connectivity index (χ2v) is 6.65. The van der Waals surface area contributed by atoms with Crippen LogP contribution in [0.4, 0.5) is 4.79 Å². The quantitative estimate of drug-likeness (QED) is 0.844. The molecule has 1 aliphatic carbocycles. The third-order valence-corrected chi connectivity index (χ3v) is 4.68. The lowest BCUT2D eigenvalue weighted by molar-refractivity contribution is 0.0325. The van der Waals surface area contributed by atoms with E-state index < -0.39 is 0 Å². The van der Waals surface area contributed by atoms with Gasteiger partial charge in [0.1, 0.15) is 0 Å². The molecule has 0 saturated heterocycles. The van der Waals surface area contributed by atoms with Crippen molar-refractivity contribution in [1.29, 1.82) is 0 Å². The van der Waals surface area contributed by atoms with Gasteiger partial charge in [-0.1, -0.05) is 30.7 Å². The number of halogens is 1. The van der Waals surface area contributed by atoms with E-state index in [1.807, 2.05) is 31.3 Å². The van der Waals surface area contributed by atoms with Gasteiger partial charge in [0.25, 0.3) is 0 Å². The van der Waals surface area contributed by atoms with Gasteiger partial charge in [-0.3, -0.25) is 0 Å². The minimum atomic E-state index is -0.171. The Morgan fingerprint density at radius 2 is 2.05 bits per heavy atom. The number of benzene rings is 1. The summed E-state index contributed by atoms with van der Waals surface area (Å²) in [6.45, 7) is 3.44. The minimum Gasteiger partial charge on any atom is -0.393 e. The number of aliphatic hydroxyl groups excluding tert-OH is 1. The fourth-order valence-corrected chi connectivity index (χ4v) is 3.02. The van der Waals surface area contributed by atoms with E-state index in [4.69, 9.17) is 11.6 Å². The fraction of sp³-hybridized carbons (Fsp3) is 0.588. The maximum Gasteiger partial charge on any atom is 0.317 e. The minimum absolute atomic E-state index is 0.0474. The number of urea groups is 1. The highest BCUT2D eigenvalue weighted by Crippen LogP contribution is 2.27. The Kier molecular flexibility index (Phi) is 6.09. The van der Waals surface area contributed by atoms with Crippen molar-refractivity contribution in [2.45, 2.75) is 38.2 Å². The first-order valence-corrected chi connectivity index (χ1v) is 8.29. The Balaban J connectivity index is 1.79. The van der Waals surface area contributed by atoms with Gasteiger partial charge in [0, 0.05) is 31.1 Å². The maximum atomic E-state index is 12.1. The summed E-state index contributed by atoms with van der Waals surface area (Å²) in [7, 11) is 1.81. The van der Waals surface area contributed by atoms with Crippen LogP contribution in [0.1, 0.15) is 37.7 Å². The molecule has 22 heavy (non-hydrogen) atoms. The summed E-state index contributed by atoms with van der Waals surface area (Å²) < 4.78 is 0. The van der Waals surface area contributed by atoms with Crippen LogP contribution in [0.25, 0.3) is 0 Å². The molecule has 0 aromatic heterocycles. The monoisotopic (exact) mass is 324 g/mol. The molecule has 1 aromatic rings. The van der Waals surface area contributed by atoms with Gasteiger partial charge in [0.15, 0.2) is 0 Å². The van der Waals surface area contributed by atoms with Gasteiger partial charge >= 0.3 is 6.03 Å². The van der Waals surface area contributed by atoms with Crippen LogP contribution in [0.3, 0.4) is 0 Å². The van der Waals surface area contributed by atoms with E-state index in [0.29, 0.717) is 24.9 Å². The predicted octanol–water partition coefficient (Wildman–Crippen LogP) is 3.25. The van der Waals surface area contributed by atoms with Gasteiger partial charge in [0.05, 0.1) is 6.10 Å². The molecular weight excluding hydrogens is 300 g/mol. The van der Waals surface area contributed by atoms with Gasteiger partial charge in [0.2, 0.25) is 0 Å². The zero-order chi connectivity index (χ0) is 16.1. The second kappa shape index (κ2) is 7.84. The van der Waals surface area contributed by atoms with Crippen molar-refractivity contribution in [3.05, 3.63) is 34.9 Å². The number of rotatable bonds is 6. The van der Waals surface area contributed by atoms with Crippen LogP contribution in [0.2, 0.25) is 5.02 Å². The van der Waals surface area contributed by atoms with E-state index in [9.17, 15) is 9.90 Å². The molecule has 1 aromatic carbocycles. The molecule has 2 amide bonds. The van der Waals surface area contributed by atoms with Gasteiger partial charge in [-0.15, -0.1) is 0 Å². The lowest BCUT2D eigenvalue weighted by Gasteiger charge is -2.34. The summed E-state index contributed by atoms with van der Waals surface area (Å²) in [4.78, 5) is 13.9. The molecule has 0 spiro atoms. The number of hydrogen-bond donors (Lipinski definition) is 2. The lowest BCUT2D eigenvalue weighted by Crippen LogP contribution is -2.44. The molecule has 0 unspecified atom stereocenters. The highest BCUT2D eigenvalue weighted by Gasteiger charge is 2.29. The molecule has 0 aliphatic heterocycles. The number of amides is 2. The standard InChI is InChI=1S/C17H25ClN2O2/c1-3-13(14-4-6-15(18)7-5-14)10-19-17(22)20(2)11-12-8-16(21)9-12/h4-7,12-13,16,21H,3,8-11H2,1-2H3,(H,19,22)/t12?,13-,16?/m1/s1. The summed E-state index contributed by atoms with van der Waals surface area (Å²) in [6, 6.07) is 7.75. The van der Waals surface area contributed by atoms with Crippen molar-refractivity contribution >= 4 is 17.6 Å². The van der Waals surface area contributed by atoms with Gasteiger partial charge in [-0.05, 0) is 42.9 Å². The van der Waals surface area contributed by atoms with Crippen molar-refractivity contribution in [3.8, 4) is 0 Å². The van der Waals surface area contributed by atoms with E-state index in [0.717, 1.165) is 24.3 Å². The van der Waals surface area contributed by atoms with Gasteiger partial charge in [-0.2, -0.15) is 0 Å². The first-order chi connectivity index (χ1) is 10.5. The van der Waals surface area contributed by atoms with Gasteiger partial charge in [-0.25, -0.2) is 4.79 Å². The average Bonchev–Trinajstić information content (AvgIpc) is 2.47. The fourth-order valence-electron chi connectivity index (χ4n) is 2.90. The van der Waals surface area contributed by atoms with Crippen LogP contribution in [0.15, 0.2) is 24.3 Å². The third-order valence-electron chi connectivity index (χ3n) is 4.42. The maximum absolute atomic E-state index is 12.1. The largest absolute Gasteiger partial charge is 0.393 e. The summed E-state index contributed by atoms with van der Waals surface area (Å²) in [6.07, 6.45) is 2.40. The normalized spacial score (nSPS) is 21.8. The Morgan fingerprint density at radius 1 is 1.41 bits per heavy atom. The van der Waals surface area contributed by atoms with Crippen LogP contribution in [-0.4, -0.2) is 42.3 Å². The molecule has 2 rings (SSSR count). The van der Waals surface area contributed by atoms with Crippen LogP contribution in [0.5, 0.6) is 0 Å². The predicted molar refractivity (Wildman–Crippen MR) is 89.2 cm³/mol. The van der Waals surface area contributed by atoms with Crippen LogP contribution in [0, 0.1) is 5.92 Å². The number of nitrogens with zero attached hydrogens (tertiary/aromatic N) is 1. The molecule has 0 bridgehead atoms. The summed E-state index contributed by atoms with van der Waals surface area (Å²) >= 11 is 5.91. The Hall–Kier alpha value is -1.26. The number of carbonyl (C=O) groups excluding carboxylic acids is 1. The number of hydrogen-bond acceptors (Lipinski definition) is 2. The van der Waals surface area contributed by atoms with Crippen molar-refractivity contribution in [3.63, 3.8) is 0 Å².